The summed E-state index contributed by atoms with van der Waals surface area (Å²) in [5.74, 6) is 0.115. The van der Waals surface area contributed by atoms with Crippen LogP contribution in [0.25, 0.3) is 11.6 Å². The molecule has 2 heteroatoms. The molecule has 0 spiro atoms. The fraction of sp³-hybridized carbons (Fsp3) is 0.263. The molecule has 3 rings (SSSR count). The molecule has 0 aliphatic heterocycles. The molecule has 2 aromatic carbocycles. The molecule has 1 aliphatic carbocycles. The summed E-state index contributed by atoms with van der Waals surface area (Å²) in [7, 11) is 1.50. The average molecular weight is 282 g/mol. The Morgan fingerprint density at radius 3 is 2.48 bits per heavy atom. The Morgan fingerprint density at radius 1 is 1.05 bits per heavy atom. The van der Waals surface area contributed by atoms with Gasteiger partial charge in [-0.05, 0) is 53.2 Å². The van der Waals surface area contributed by atoms with E-state index in [0.717, 1.165) is 30.4 Å². The number of benzene rings is 2. The van der Waals surface area contributed by atoms with E-state index >= 15 is 0 Å². The van der Waals surface area contributed by atoms with E-state index in [4.69, 9.17) is 4.74 Å². The molecular formula is C19H19FO. The third kappa shape index (κ3) is 2.58. The smallest absolute Gasteiger partial charge is 0.168 e. The highest BCUT2D eigenvalue weighted by atomic mass is 19.1. The Bertz CT molecular complexity index is 683. The van der Waals surface area contributed by atoms with E-state index in [-0.39, 0.29) is 5.82 Å². The Labute approximate surface area is 125 Å². The van der Waals surface area contributed by atoms with Crippen LogP contribution < -0.4 is 4.74 Å². The summed E-state index contributed by atoms with van der Waals surface area (Å²) >= 11 is 0. The SMILES string of the molecule is CCc1ccc(C2=Cc3ccc(OC)c(F)c3CC2)cc1. The van der Waals surface area contributed by atoms with Crippen LogP contribution in [0.2, 0.25) is 0 Å². The molecule has 0 unspecified atom stereocenters. The molecule has 0 bridgehead atoms. The lowest BCUT2D eigenvalue weighted by Gasteiger charge is -2.18. The van der Waals surface area contributed by atoms with Crippen LogP contribution in [0, 0.1) is 5.82 Å². The lowest BCUT2D eigenvalue weighted by molar-refractivity contribution is 0.384. The van der Waals surface area contributed by atoms with Gasteiger partial charge < -0.3 is 4.74 Å². The van der Waals surface area contributed by atoms with Crippen molar-refractivity contribution in [3.8, 4) is 5.75 Å². The second kappa shape index (κ2) is 5.72. The summed E-state index contributed by atoms with van der Waals surface area (Å²) in [6, 6.07) is 12.3. The number of halogens is 1. The number of allylic oxidation sites excluding steroid dienone is 1. The molecule has 0 aromatic heterocycles. The first-order valence-corrected chi connectivity index (χ1v) is 7.38. The number of rotatable bonds is 3. The zero-order valence-corrected chi connectivity index (χ0v) is 12.4. The molecule has 1 nitrogen and oxygen atoms in total. The van der Waals surface area contributed by atoms with Crippen LogP contribution in [0.4, 0.5) is 4.39 Å². The molecule has 0 saturated heterocycles. The topological polar surface area (TPSA) is 9.23 Å². The van der Waals surface area contributed by atoms with Gasteiger partial charge in [0, 0.05) is 0 Å². The van der Waals surface area contributed by atoms with Crippen molar-refractivity contribution in [1.29, 1.82) is 0 Å². The summed E-state index contributed by atoms with van der Waals surface area (Å²) in [6.45, 7) is 2.15. The van der Waals surface area contributed by atoms with Crippen LogP contribution in [0.15, 0.2) is 36.4 Å². The molecule has 1 aliphatic rings. The third-order valence-electron chi connectivity index (χ3n) is 4.17. The molecule has 0 amide bonds. The van der Waals surface area contributed by atoms with Gasteiger partial charge in [-0.3, -0.25) is 0 Å². The molecule has 108 valence electrons. The summed E-state index contributed by atoms with van der Waals surface area (Å²) in [6.07, 6.45) is 4.73. The number of aryl methyl sites for hydroxylation is 1. The minimum Gasteiger partial charge on any atom is -0.494 e. The first kappa shape index (κ1) is 13.9. The van der Waals surface area contributed by atoms with Crippen molar-refractivity contribution < 1.29 is 9.13 Å². The van der Waals surface area contributed by atoms with E-state index in [2.05, 4.69) is 37.3 Å². The van der Waals surface area contributed by atoms with E-state index in [1.54, 1.807) is 6.07 Å². The largest absolute Gasteiger partial charge is 0.494 e. The van der Waals surface area contributed by atoms with Crippen molar-refractivity contribution in [2.75, 3.05) is 7.11 Å². The summed E-state index contributed by atoms with van der Waals surface area (Å²) < 4.78 is 19.3. The number of ether oxygens (including phenoxy) is 1. The van der Waals surface area contributed by atoms with Crippen LogP contribution in [-0.4, -0.2) is 7.11 Å². The van der Waals surface area contributed by atoms with Crippen LogP contribution in [-0.2, 0) is 12.8 Å². The predicted octanol–water partition coefficient (Wildman–Crippen LogP) is 4.88. The summed E-state index contributed by atoms with van der Waals surface area (Å²) in [5, 5.41) is 0. The number of fused-ring (bicyclic) bond motifs is 1. The fourth-order valence-electron chi connectivity index (χ4n) is 2.86. The highest BCUT2D eigenvalue weighted by Crippen LogP contribution is 2.34. The maximum atomic E-state index is 14.2. The van der Waals surface area contributed by atoms with Crippen LogP contribution in [0.1, 0.15) is 35.6 Å². The van der Waals surface area contributed by atoms with Crippen molar-refractivity contribution in [3.05, 3.63) is 64.5 Å². The molecule has 21 heavy (non-hydrogen) atoms. The van der Waals surface area contributed by atoms with E-state index in [9.17, 15) is 4.39 Å². The number of methoxy groups -OCH3 is 1. The van der Waals surface area contributed by atoms with Gasteiger partial charge in [0.2, 0.25) is 0 Å². The van der Waals surface area contributed by atoms with Gasteiger partial charge in [-0.15, -0.1) is 0 Å². The van der Waals surface area contributed by atoms with Crippen LogP contribution in [0.3, 0.4) is 0 Å². The minimum atomic E-state index is -0.216. The average Bonchev–Trinajstić information content (AvgIpc) is 2.55. The Kier molecular flexibility index (Phi) is 3.78. The van der Waals surface area contributed by atoms with Gasteiger partial charge in [-0.2, -0.15) is 0 Å². The first-order valence-electron chi connectivity index (χ1n) is 7.38. The fourth-order valence-corrected chi connectivity index (χ4v) is 2.86. The van der Waals surface area contributed by atoms with Gasteiger partial charge in [0.15, 0.2) is 11.6 Å². The highest BCUT2D eigenvalue weighted by Gasteiger charge is 2.18. The van der Waals surface area contributed by atoms with Crippen molar-refractivity contribution in [1.82, 2.24) is 0 Å². The zero-order chi connectivity index (χ0) is 14.8. The maximum absolute atomic E-state index is 14.2. The Balaban J connectivity index is 1.98. The Hall–Kier alpha value is -2.09. The molecule has 0 heterocycles. The molecule has 0 saturated carbocycles. The molecule has 0 N–H and O–H groups in total. The van der Waals surface area contributed by atoms with Gasteiger partial charge in [0.25, 0.3) is 0 Å². The number of hydrogen-bond donors (Lipinski definition) is 0. The standard InChI is InChI=1S/C19H19FO/c1-3-13-4-6-14(7-5-13)15-8-10-17-16(12-15)9-11-18(21-2)19(17)20/h4-7,9,11-12H,3,8,10H2,1-2H3. The van der Waals surface area contributed by atoms with Gasteiger partial charge in [-0.1, -0.05) is 43.3 Å². The lowest BCUT2D eigenvalue weighted by Crippen LogP contribution is -2.04. The van der Waals surface area contributed by atoms with Crippen LogP contribution in [0.5, 0.6) is 5.75 Å². The predicted molar refractivity (Wildman–Crippen MR) is 85.0 cm³/mol. The van der Waals surface area contributed by atoms with Crippen molar-refractivity contribution >= 4 is 11.6 Å². The van der Waals surface area contributed by atoms with E-state index in [0.29, 0.717) is 5.75 Å². The van der Waals surface area contributed by atoms with Crippen molar-refractivity contribution in [3.63, 3.8) is 0 Å². The van der Waals surface area contributed by atoms with E-state index in [1.807, 2.05) is 6.07 Å². The van der Waals surface area contributed by atoms with Crippen LogP contribution >= 0.6 is 0 Å². The third-order valence-corrected chi connectivity index (χ3v) is 4.17. The molecule has 0 radical (unpaired) electrons. The van der Waals surface area contributed by atoms with Crippen molar-refractivity contribution in [2.24, 2.45) is 0 Å². The Morgan fingerprint density at radius 2 is 1.81 bits per heavy atom. The van der Waals surface area contributed by atoms with E-state index in [1.165, 1.54) is 23.8 Å². The number of hydrogen-bond acceptors (Lipinski definition) is 1. The normalized spacial score (nSPS) is 13.6. The first-order chi connectivity index (χ1) is 10.2. The highest BCUT2D eigenvalue weighted by molar-refractivity contribution is 5.84. The summed E-state index contributed by atoms with van der Waals surface area (Å²) in [5.41, 5.74) is 5.58. The minimum absolute atomic E-state index is 0.216. The summed E-state index contributed by atoms with van der Waals surface area (Å²) in [4.78, 5) is 0. The van der Waals surface area contributed by atoms with Gasteiger partial charge in [-0.25, -0.2) is 4.39 Å². The lowest BCUT2D eigenvalue weighted by atomic mass is 9.88. The molecule has 2 aromatic rings. The van der Waals surface area contributed by atoms with Gasteiger partial charge in [0.1, 0.15) is 0 Å². The monoisotopic (exact) mass is 282 g/mol. The molecule has 0 fully saturated rings. The quantitative estimate of drug-likeness (QED) is 0.779. The molecular weight excluding hydrogens is 263 g/mol. The van der Waals surface area contributed by atoms with E-state index < -0.39 is 0 Å². The second-order valence-corrected chi connectivity index (χ2v) is 5.37. The van der Waals surface area contributed by atoms with Gasteiger partial charge >= 0.3 is 0 Å². The zero-order valence-electron chi connectivity index (χ0n) is 12.4. The molecule has 0 atom stereocenters. The van der Waals surface area contributed by atoms with Gasteiger partial charge in [0.05, 0.1) is 7.11 Å². The maximum Gasteiger partial charge on any atom is 0.168 e. The van der Waals surface area contributed by atoms with Crippen molar-refractivity contribution in [2.45, 2.75) is 26.2 Å². The second-order valence-electron chi connectivity index (χ2n) is 5.37.